The Kier molecular flexibility index (Phi) is 5.71. The van der Waals surface area contributed by atoms with Gasteiger partial charge in [-0.25, -0.2) is 9.97 Å². The highest BCUT2D eigenvalue weighted by atomic mass is 35.5. The molecule has 0 aliphatic carbocycles. The van der Waals surface area contributed by atoms with Gasteiger partial charge in [-0.05, 0) is 31.0 Å². The standard InChI is InChI=1S/C18H21ClN4O2/c1-25-16-7-6-13(10-14(16)19)22-17-12-20-15(11-21-17)18(24)23-8-4-2-3-5-9-23/h6-7,10-12H,2-5,8-9H2,1H3,(H,21,22). The zero-order valence-electron chi connectivity index (χ0n) is 14.2. The van der Waals surface area contributed by atoms with E-state index >= 15 is 0 Å². The van der Waals surface area contributed by atoms with Gasteiger partial charge in [-0.3, -0.25) is 4.79 Å². The number of nitrogens with one attached hydrogen (secondary N) is 1. The average Bonchev–Trinajstić information content (AvgIpc) is 2.91. The van der Waals surface area contributed by atoms with Gasteiger partial charge in [0.15, 0.2) is 0 Å². The minimum Gasteiger partial charge on any atom is -0.495 e. The van der Waals surface area contributed by atoms with Crippen LogP contribution >= 0.6 is 11.6 Å². The first kappa shape index (κ1) is 17.5. The second kappa shape index (κ2) is 8.16. The Morgan fingerprint density at radius 3 is 2.52 bits per heavy atom. The highest BCUT2D eigenvalue weighted by Crippen LogP contribution is 2.28. The van der Waals surface area contributed by atoms with E-state index in [0.717, 1.165) is 31.6 Å². The Balaban J connectivity index is 1.67. The normalized spacial score (nSPS) is 14.7. The van der Waals surface area contributed by atoms with Gasteiger partial charge in [-0.15, -0.1) is 0 Å². The fraction of sp³-hybridized carbons (Fsp3) is 0.389. The van der Waals surface area contributed by atoms with E-state index in [1.54, 1.807) is 25.4 Å². The maximum Gasteiger partial charge on any atom is 0.274 e. The molecule has 1 N–H and O–H groups in total. The molecule has 6 nitrogen and oxygen atoms in total. The number of nitrogens with zero attached hydrogens (tertiary/aromatic N) is 3. The maximum atomic E-state index is 12.5. The summed E-state index contributed by atoms with van der Waals surface area (Å²) in [6.07, 6.45) is 7.55. The van der Waals surface area contributed by atoms with Gasteiger partial charge in [0.1, 0.15) is 17.3 Å². The van der Waals surface area contributed by atoms with Crippen molar-refractivity contribution in [2.45, 2.75) is 25.7 Å². The molecule has 0 spiro atoms. The van der Waals surface area contributed by atoms with Gasteiger partial charge >= 0.3 is 0 Å². The molecule has 1 aliphatic rings. The monoisotopic (exact) mass is 360 g/mol. The predicted octanol–water partition coefficient (Wildman–Crippen LogP) is 3.90. The van der Waals surface area contributed by atoms with Gasteiger partial charge in [0.25, 0.3) is 5.91 Å². The number of likely N-dealkylation sites (tertiary alicyclic amines) is 1. The van der Waals surface area contributed by atoms with E-state index < -0.39 is 0 Å². The van der Waals surface area contributed by atoms with Gasteiger partial charge in [-0.1, -0.05) is 24.4 Å². The van der Waals surface area contributed by atoms with Crippen molar-refractivity contribution in [3.8, 4) is 5.75 Å². The van der Waals surface area contributed by atoms with Crippen LogP contribution in [0.1, 0.15) is 36.2 Å². The van der Waals surface area contributed by atoms with E-state index in [4.69, 9.17) is 16.3 Å². The number of benzene rings is 1. The van der Waals surface area contributed by atoms with Crippen LogP contribution in [0.2, 0.25) is 5.02 Å². The first-order valence-electron chi connectivity index (χ1n) is 8.39. The van der Waals surface area contributed by atoms with Gasteiger partial charge in [0.05, 0.1) is 24.5 Å². The predicted molar refractivity (Wildman–Crippen MR) is 97.7 cm³/mol. The van der Waals surface area contributed by atoms with Gasteiger partial charge in [0, 0.05) is 18.8 Å². The third-order valence-electron chi connectivity index (χ3n) is 4.19. The van der Waals surface area contributed by atoms with Crippen molar-refractivity contribution in [3.63, 3.8) is 0 Å². The molecule has 0 bridgehead atoms. The third kappa shape index (κ3) is 4.39. The van der Waals surface area contributed by atoms with Crippen LogP contribution in [-0.4, -0.2) is 41.0 Å². The molecule has 25 heavy (non-hydrogen) atoms. The molecule has 7 heteroatoms. The van der Waals surface area contributed by atoms with Crippen molar-refractivity contribution in [1.82, 2.24) is 14.9 Å². The highest BCUT2D eigenvalue weighted by molar-refractivity contribution is 6.32. The average molecular weight is 361 g/mol. The number of amides is 1. The number of rotatable bonds is 4. The molecule has 1 saturated heterocycles. The van der Waals surface area contributed by atoms with Crippen LogP contribution in [0.4, 0.5) is 11.5 Å². The Bertz CT molecular complexity index is 728. The quantitative estimate of drug-likeness (QED) is 0.895. The zero-order valence-corrected chi connectivity index (χ0v) is 14.9. The van der Waals surface area contributed by atoms with E-state index in [1.165, 1.54) is 19.0 Å². The van der Waals surface area contributed by atoms with Crippen molar-refractivity contribution in [1.29, 1.82) is 0 Å². The number of aromatic nitrogens is 2. The number of carbonyl (C=O) groups is 1. The number of halogens is 1. The fourth-order valence-corrected chi connectivity index (χ4v) is 3.09. The molecule has 1 aromatic carbocycles. The maximum absolute atomic E-state index is 12.5. The minimum absolute atomic E-state index is 0.0477. The smallest absolute Gasteiger partial charge is 0.274 e. The topological polar surface area (TPSA) is 67.3 Å². The van der Waals surface area contributed by atoms with Crippen molar-refractivity contribution < 1.29 is 9.53 Å². The first-order chi connectivity index (χ1) is 12.2. The summed E-state index contributed by atoms with van der Waals surface area (Å²) in [7, 11) is 1.57. The molecular formula is C18H21ClN4O2. The molecule has 1 amide bonds. The van der Waals surface area contributed by atoms with Gasteiger partial charge in [0.2, 0.25) is 0 Å². The Labute approximate surface area is 152 Å². The number of hydrogen-bond donors (Lipinski definition) is 1. The summed E-state index contributed by atoms with van der Waals surface area (Å²) in [5, 5.41) is 3.62. The summed E-state index contributed by atoms with van der Waals surface area (Å²) in [5.41, 5.74) is 1.15. The molecule has 2 aromatic rings. The molecule has 3 rings (SSSR count). The summed E-state index contributed by atoms with van der Waals surface area (Å²) in [5.74, 6) is 1.11. The van der Waals surface area contributed by atoms with Crippen LogP contribution in [-0.2, 0) is 0 Å². The summed E-state index contributed by atoms with van der Waals surface area (Å²) < 4.78 is 5.13. The summed E-state index contributed by atoms with van der Waals surface area (Å²) >= 11 is 6.11. The Morgan fingerprint density at radius 2 is 1.92 bits per heavy atom. The SMILES string of the molecule is COc1ccc(Nc2cnc(C(=O)N3CCCCCC3)cn2)cc1Cl. The lowest BCUT2D eigenvalue weighted by Crippen LogP contribution is -2.32. The minimum atomic E-state index is -0.0477. The zero-order chi connectivity index (χ0) is 17.6. The van der Waals surface area contributed by atoms with E-state index in [1.807, 2.05) is 11.0 Å². The molecule has 1 fully saturated rings. The number of ether oxygens (including phenoxy) is 1. The lowest BCUT2D eigenvalue weighted by atomic mass is 10.2. The Hall–Kier alpha value is -2.34. The lowest BCUT2D eigenvalue weighted by Gasteiger charge is -2.19. The van der Waals surface area contributed by atoms with Crippen LogP contribution < -0.4 is 10.1 Å². The second-order valence-electron chi connectivity index (χ2n) is 5.97. The largest absolute Gasteiger partial charge is 0.495 e. The molecule has 0 radical (unpaired) electrons. The van der Waals surface area contributed by atoms with Crippen LogP contribution in [0, 0.1) is 0 Å². The van der Waals surface area contributed by atoms with Crippen LogP contribution in [0.25, 0.3) is 0 Å². The number of hydrogen-bond acceptors (Lipinski definition) is 5. The molecule has 132 valence electrons. The summed E-state index contributed by atoms with van der Waals surface area (Å²) in [4.78, 5) is 22.9. The van der Waals surface area contributed by atoms with Crippen LogP contribution in [0.5, 0.6) is 5.75 Å². The summed E-state index contributed by atoms with van der Waals surface area (Å²) in [6, 6.07) is 5.36. The van der Waals surface area contributed by atoms with E-state index in [2.05, 4.69) is 15.3 Å². The highest BCUT2D eigenvalue weighted by Gasteiger charge is 2.18. The Morgan fingerprint density at radius 1 is 1.16 bits per heavy atom. The molecule has 1 aromatic heterocycles. The van der Waals surface area contributed by atoms with Crippen molar-refractivity contribution in [2.75, 3.05) is 25.5 Å². The first-order valence-corrected chi connectivity index (χ1v) is 8.77. The third-order valence-corrected chi connectivity index (χ3v) is 4.48. The number of anilines is 2. The molecular weight excluding hydrogens is 340 g/mol. The number of methoxy groups -OCH3 is 1. The van der Waals surface area contributed by atoms with E-state index in [9.17, 15) is 4.79 Å². The second-order valence-corrected chi connectivity index (χ2v) is 6.37. The molecule has 1 aliphatic heterocycles. The van der Waals surface area contributed by atoms with E-state index in [0.29, 0.717) is 22.3 Å². The fourth-order valence-electron chi connectivity index (χ4n) is 2.83. The van der Waals surface area contributed by atoms with Crippen molar-refractivity contribution >= 4 is 29.0 Å². The molecule has 0 atom stereocenters. The molecule has 0 unspecified atom stereocenters. The molecule has 2 heterocycles. The number of carbonyl (C=O) groups excluding carboxylic acids is 1. The molecule has 0 saturated carbocycles. The summed E-state index contributed by atoms with van der Waals surface area (Å²) in [6.45, 7) is 1.59. The van der Waals surface area contributed by atoms with Gasteiger partial charge in [-0.2, -0.15) is 0 Å². The van der Waals surface area contributed by atoms with Crippen LogP contribution in [0.15, 0.2) is 30.6 Å². The van der Waals surface area contributed by atoms with Crippen molar-refractivity contribution in [3.05, 3.63) is 41.3 Å². The van der Waals surface area contributed by atoms with Crippen molar-refractivity contribution in [2.24, 2.45) is 0 Å². The van der Waals surface area contributed by atoms with Crippen LogP contribution in [0.3, 0.4) is 0 Å². The lowest BCUT2D eigenvalue weighted by molar-refractivity contribution is 0.0755. The van der Waals surface area contributed by atoms with E-state index in [-0.39, 0.29) is 5.91 Å². The van der Waals surface area contributed by atoms with Gasteiger partial charge < -0.3 is 15.0 Å².